The van der Waals surface area contributed by atoms with Crippen LogP contribution in [0.3, 0.4) is 0 Å². The number of hydrogen-bond acceptors (Lipinski definition) is 4. The van der Waals surface area contributed by atoms with Gasteiger partial charge in [0, 0.05) is 29.9 Å². The lowest BCUT2D eigenvalue weighted by Crippen LogP contribution is -2.17. The molecular weight excluding hydrogens is 306 g/mol. The van der Waals surface area contributed by atoms with Crippen LogP contribution in [0.4, 0.5) is 5.69 Å². The molecule has 4 aromatic rings. The van der Waals surface area contributed by atoms with Crippen LogP contribution in [-0.4, -0.2) is 23.6 Å². The van der Waals surface area contributed by atoms with Crippen LogP contribution in [0.5, 0.6) is 0 Å². The van der Waals surface area contributed by atoms with Gasteiger partial charge in [-0.05, 0) is 24.3 Å². The van der Waals surface area contributed by atoms with Gasteiger partial charge in [0.25, 0.3) is 5.56 Å². The van der Waals surface area contributed by atoms with Crippen LogP contribution in [0.15, 0.2) is 59.7 Å². The zero-order valence-electron chi connectivity index (χ0n) is 12.9. The quantitative estimate of drug-likeness (QED) is 0.565. The zero-order chi connectivity index (χ0) is 16.0. The molecule has 0 unspecified atom stereocenters. The zero-order valence-corrected chi connectivity index (χ0v) is 13.7. The SMILES string of the molecule is CN(C)c1cccc2sc3c(=O)n(-c4ccccc4)cnc3c12. The van der Waals surface area contributed by atoms with Gasteiger partial charge >= 0.3 is 0 Å². The van der Waals surface area contributed by atoms with Gasteiger partial charge < -0.3 is 4.90 Å². The third-order valence-electron chi connectivity index (χ3n) is 3.90. The molecule has 0 saturated heterocycles. The number of anilines is 1. The summed E-state index contributed by atoms with van der Waals surface area (Å²) in [4.78, 5) is 19.6. The van der Waals surface area contributed by atoms with E-state index >= 15 is 0 Å². The molecule has 0 saturated carbocycles. The molecule has 0 N–H and O–H groups in total. The fourth-order valence-electron chi connectivity index (χ4n) is 2.81. The highest BCUT2D eigenvalue weighted by Gasteiger charge is 2.15. The summed E-state index contributed by atoms with van der Waals surface area (Å²) in [5, 5.41) is 1.05. The van der Waals surface area contributed by atoms with E-state index in [4.69, 9.17) is 0 Å². The first kappa shape index (κ1) is 14.0. The van der Waals surface area contributed by atoms with Gasteiger partial charge in [-0.25, -0.2) is 4.98 Å². The van der Waals surface area contributed by atoms with Crippen LogP contribution in [0.2, 0.25) is 0 Å². The minimum absolute atomic E-state index is 0.0212. The van der Waals surface area contributed by atoms with Crippen LogP contribution in [0.25, 0.3) is 26.0 Å². The molecule has 5 heteroatoms. The summed E-state index contributed by atoms with van der Waals surface area (Å²) in [6, 6.07) is 15.7. The summed E-state index contributed by atoms with van der Waals surface area (Å²) in [7, 11) is 4.01. The van der Waals surface area contributed by atoms with Gasteiger partial charge in [0.2, 0.25) is 0 Å². The third kappa shape index (κ3) is 2.12. The lowest BCUT2D eigenvalue weighted by atomic mass is 10.2. The van der Waals surface area contributed by atoms with Crippen molar-refractivity contribution < 1.29 is 0 Å². The van der Waals surface area contributed by atoms with E-state index in [1.807, 2.05) is 56.6 Å². The maximum Gasteiger partial charge on any atom is 0.275 e. The van der Waals surface area contributed by atoms with E-state index in [0.717, 1.165) is 27.0 Å². The maximum absolute atomic E-state index is 12.9. The molecule has 23 heavy (non-hydrogen) atoms. The number of nitrogens with zero attached hydrogens (tertiary/aromatic N) is 3. The second-order valence-electron chi connectivity index (χ2n) is 5.58. The molecule has 2 heterocycles. The largest absolute Gasteiger partial charge is 0.377 e. The Morgan fingerprint density at radius 2 is 1.83 bits per heavy atom. The van der Waals surface area contributed by atoms with Gasteiger partial charge in [0.05, 0.1) is 11.2 Å². The van der Waals surface area contributed by atoms with E-state index in [1.165, 1.54) is 11.3 Å². The fraction of sp³-hybridized carbons (Fsp3) is 0.111. The van der Waals surface area contributed by atoms with Crippen LogP contribution in [-0.2, 0) is 0 Å². The summed E-state index contributed by atoms with van der Waals surface area (Å²) < 4.78 is 3.38. The first-order valence-corrected chi connectivity index (χ1v) is 8.14. The van der Waals surface area contributed by atoms with Crippen molar-refractivity contribution in [2.45, 2.75) is 0 Å². The number of thiophene rings is 1. The molecule has 2 aromatic heterocycles. The number of fused-ring (bicyclic) bond motifs is 3. The number of para-hydroxylation sites is 1. The molecule has 2 aromatic carbocycles. The van der Waals surface area contributed by atoms with Crippen LogP contribution >= 0.6 is 11.3 Å². The van der Waals surface area contributed by atoms with Gasteiger partial charge in [0.1, 0.15) is 11.0 Å². The van der Waals surface area contributed by atoms with E-state index in [2.05, 4.69) is 16.0 Å². The van der Waals surface area contributed by atoms with Gasteiger partial charge in [-0.1, -0.05) is 24.3 Å². The molecule has 0 fully saturated rings. The lowest BCUT2D eigenvalue weighted by Gasteiger charge is -2.13. The molecule has 4 rings (SSSR count). The van der Waals surface area contributed by atoms with Crippen molar-refractivity contribution in [1.82, 2.24) is 9.55 Å². The Morgan fingerprint density at radius 3 is 2.57 bits per heavy atom. The molecule has 0 amide bonds. The summed E-state index contributed by atoms with van der Waals surface area (Å²) >= 11 is 1.51. The van der Waals surface area contributed by atoms with Gasteiger partial charge in [-0.2, -0.15) is 0 Å². The first-order valence-electron chi connectivity index (χ1n) is 7.32. The molecular formula is C18H15N3OS. The predicted octanol–water partition coefficient (Wildman–Crippen LogP) is 3.67. The molecule has 0 aliphatic rings. The Balaban J connectivity index is 2.08. The van der Waals surface area contributed by atoms with Crippen molar-refractivity contribution in [3.8, 4) is 5.69 Å². The van der Waals surface area contributed by atoms with Crippen molar-refractivity contribution in [3.63, 3.8) is 0 Å². The van der Waals surface area contributed by atoms with Crippen molar-refractivity contribution in [3.05, 3.63) is 65.2 Å². The summed E-state index contributed by atoms with van der Waals surface area (Å²) in [5.74, 6) is 0. The Kier molecular flexibility index (Phi) is 3.16. The molecule has 114 valence electrons. The van der Waals surface area contributed by atoms with Gasteiger partial charge in [-0.3, -0.25) is 9.36 Å². The Hall–Kier alpha value is -2.66. The molecule has 0 radical (unpaired) electrons. The minimum atomic E-state index is -0.0212. The van der Waals surface area contributed by atoms with Crippen molar-refractivity contribution in [2.75, 3.05) is 19.0 Å². The Bertz CT molecular complexity index is 1060. The van der Waals surface area contributed by atoms with Crippen LogP contribution < -0.4 is 10.5 Å². The molecule has 0 aliphatic carbocycles. The average Bonchev–Trinajstić information content (AvgIpc) is 2.95. The van der Waals surface area contributed by atoms with E-state index in [0.29, 0.717) is 4.70 Å². The molecule has 0 aliphatic heterocycles. The van der Waals surface area contributed by atoms with E-state index < -0.39 is 0 Å². The number of rotatable bonds is 2. The lowest BCUT2D eigenvalue weighted by molar-refractivity contribution is 0.967. The number of hydrogen-bond donors (Lipinski definition) is 0. The van der Waals surface area contributed by atoms with E-state index in [9.17, 15) is 4.79 Å². The molecule has 0 spiro atoms. The van der Waals surface area contributed by atoms with Crippen LogP contribution in [0, 0.1) is 0 Å². The second kappa shape index (κ2) is 5.21. The Morgan fingerprint density at radius 1 is 1.04 bits per heavy atom. The first-order chi connectivity index (χ1) is 11.2. The molecule has 0 atom stereocenters. The predicted molar refractivity (Wildman–Crippen MR) is 97.1 cm³/mol. The highest BCUT2D eigenvalue weighted by molar-refractivity contribution is 7.25. The number of aromatic nitrogens is 2. The summed E-state index contributed by atoms with van der Waals surface area (Å²) in [5.41, 5.74) is 2.67. The van der Waals surface area contributed by atoms with Gasteiger partial charge in [-0.15, -0.1) is 11.3 Å². The monoisotopic (exact) mass is 321 g/mol. The van der Waals surface area contributed by atoms with E-state index in [1.54, 1.807) is 10.9 Å². The smallest absolute Gasteiger partial charge is 0.275 e. The fourth-order valence-corrected chi connectivity index (χ4v) is 3.91. The van der Waals surface area contributed by atoms with E-state index in [-0.39, 0.29) is 5.56 Å². The third-order valence-corrected chi connectivity index (χ3v) is 5.03. The van der Waals surface area contributed by atoms with Gasteiger partial charge in [0.15, 0.2) is 0 Å². The molecule has 0 bridgehead atoms. The summed E-state index contributed by atoms with van der Waals surface area (Å²) in [6.45, 7) is 0. The van der Waals surface area contributed by atoms with Crippen molar-refractivity contribution in [1.29, 1.82) is 0 Å². The second-order valence-corrected chi connectivity index (χ2v) is 6.63. The number of benzene rings is 2. The summed E-state index contributed by atoms with van der Waals surface area (Å²) in [6.07, 6.45) is 1.62. The average molecular weight is 321 g/mol. The molecule has 4 nitrogen and oxygen atoms in total. The maximum atomic E-state index is 12.9. The minimum Gasteiger partial charge on any atom is -0.377 e. The topological polar surface area (TPSA) is 38.1 Å². The standard InChI is InChI=1S/C18H15N3OS/c1-20(2)13-9-6-10-14-15(13)16-17(23-14)18(22)21(11-19-16)12-7-4-3-5-8-12/h3-11H,1-2H3. The van der Waals surface area contributed by atoms with Crippen molar-refractivity contribution >= 4 is 37.3 Å². The van der Waals surface area contributed by atoms with Crippen molar-refractivity contribution in [2.24, 2.45) is 0 Å². The Labute approximate surface area is 137 Å². The van der Waals surface area contributed by atoms with Crippen LogP contribution in [0.1, 0.15) is 0 Å². The highest BCUT2D eigenvalue weighted by atomic mass is 32.1. The normalized spacial score (nSPS) is 11.2. The highest BCUT2D eigenvalue weighted by Crippen LogP contribution is 2.36.